The first-order chi connectivity index (χ1) is 8.66. The fraction of sp³-hybridized carbons (Fsp3) is 0.643. The van der Waals surface area contributed by atoms with E-state index in [0.717, 1.165) is 30.4 Å². The van der Waals surface area contributed by atoms with E-state index in [1.807, 2.05) is 0 Å². The minimum atomic E-state index is -0.859. The molecule has 0 bridgehead atoms. The van der Waals surface area contributed by atoms with E-state index in [1.54, 1.807) is 13.0 Å². The normalized spacial score (nSPS) is 16.9. The monoisotopic (exact) mass is 250 g/mol. The molecule has 1 heterocycles. The van der Waals surface area contributed by atoms with Crippen LogP contribution in [-0.4, -0.2) is 22.6 Å². The third kappa shape index (κ3) is 3.35. The average molecular weight is 250 g/mol. The van der Waals surface area contributed by atoms with Gasteiger partial charge in [0.15, 0.2) is 0 Å². The highest BCUT2D eigenvalue weighted by Gasteiger charge is 2.14. The molecule has 18 heavy (non-hydrogen) atoms. The number of rotatable bonds is 5. The minimum absolute atomic E-state index is 0.379. The standard InChI is InChI=1S/C14H22N2O2/c1-10-13(14(17)18)7-12(16-10)9-15-8-11-5-3-2-4-6-11/h7,11,15-16H,2-6,8-9H2,1H3,(H,17,18). The van der Waals surface area contributed by atoms with Gasteiger partial charge in [-0.15, -0.1) is 0 Å². The lowest BCUT2D eigenvalue weighted by Gasteiger charge is -2.21. The molecule has 1 fully saturated rings. The van der Waals surface area contributed by atoms with Crippen LogP contribution < -0.4 is 5.32 Å². The highest BCUT2D eigenvalue weighted by molar-refractivity contribution is 5.89. The van der Waals surface area contributed by atoms with Crippen LogP contribution in [0.4, 0.5) is 0 Å². The predicted molar refractivity (Wildman–Crippen MR) is 70.8 cm³/mol. The van der Waals surface area contributed by atoms with E-state index < -0.39 is 5.97 Å². The third-order valence-corrected chi connectivity index (χ3v) is 3.77. The molecule has 0 unspecified atom stereocenters. The Morgan fingerprint density at radius 1 is 1.44 bits per heavy atom. The summed E-state index contributed by atoms with van der Waals surface area (Å²) in [6.45, 7) is 3.57. The number of carboxylic acid groups (broad SMARTS) is 1. The Balaban J connectivity index is 1.79. The van der Waals surface area contributed by atoms with Gasteiger partial charge in [0.05, 0.1) is 5.56 Å². The molecule has 0 radical (unpaired) electrons. The number of aromatic carboxylic acids is 1. The van der Waals surface area contributed by atoms with Crippen LogP contribution in [0.25, 0.3) is 0 Å². The number of aromatic nitrogens is 1. The van der Waals surface area contributed by atoms with E-state index in [-0.39, 0.29) is 0 Å². The Morgan fingerprint density at radius 3 is 2.78 bits per heavy atom. The lowest BCUT2D eigenvalue weighted by Crippen LogP contribution is -2.24. The van der Waals surface area contributed by atoms with Crippen LogP contribution in [0.5, 0.6) is 0 Å². The summed E-state index contributed by atoms with van der Waals surface area (Å²) in [4.78, 5) is 14.0. The number of aryl methyl sites for hydroxylation is 1. The highest BCUT2D eigenvalue weighted by Crippen LogP contribution is 2.22. The zero-order valence-electron chi connectivity index (χ0n) is 11.0. The third-order valence-electron chi connectivity index (χ3n) is 3.77. The molecule has 2 rings (SSSR count). The molecule has 3 N–H and O–H groups in total. The van der Waals surface area contributed by atoms with Crippen LogP contribution in [0.2, 0.25) is 0 Å². The van der Waals surface area contributed by atoms with Crippen molar-refractivity contribution >= 4 is 5.97 Å². The smallest absolute Gasteiger partial charge is 0.337 e. The van der Waals surface area contributed by atoms with Crippen LogP contribution >= 0.6 is 0 Å². The van der Waals surface area contributed by atoms with Crippen molar-refractivity contribution in [1.29, 1.82) is 0 Å². The summed E-state index contributed by atoms with van der Waals surface area (Å²) in [5, 5.41) is 12.4. The Bertz CT molecular complexity index is 406. The number of H-pyrrole nitrogens is 1. The van der Waals surface area contributed by atoms with Gasteiger partial charge >= 0.3 is 5.97 Å². The van der Waals surface area contributed by atoms with Gasteiger partial charge in [-0.25, -0.2) is 4.79 Å². The summed E-state index contributed by atoms with van der Waals surface area (Å²) in [7, 11) is 0. The predicted octanol–water partition coefficient (Wildman–Crippen LogP) is 2.69. The first kappa shape index (κ1) is 13.1. The lowest BCUT2D eigenvalue weighted by molar-refractivity contribution is 0.0696. The summed E-state index contributed by atoms with van der Waals surface area (Å²) in [5.74, 6) is -0.0592. The number of carbonyl (C=O) groups is 1. The maximum atomic E-state index is 10.9. The van der Waals surface area contributed by atoms with Crippen molar-refractivity contribution in [2.45, 2.75) is 45.6 Å². The second-order valence-corrected chi connectivity index (χ2v) is 5.27. The molecular weight excluding hydrogens is 228 g/mol. The zero-order chi connectivity index (χ0) is 13.0. The van der Waals surface area contributed by atoms with Crippen molar-refractivity contribution < 1.29 is 9.90 Å². The van der Waals surface area contributed by atoms with Crippen LogP contribution in [0.3, 0.4) is 0 Å². The Kier molecular flexibility index (Phi) is 4.42. The van der Waals surface area contributed by atoms with Gasteiger partial charge in [0.1, 0.15) is 0 Å². The summed E-state index contributed by atoms with van der Waals surface area (Å²) in [6, 6.07) is 1.73. The van der Waals surface area contributed by atoms with Crippen molar-refractivity contribution in [3.63, 3.8) is 0 Å². The van der Waals surface area contributed by atoms with Crippen molar-refractivity contribution in [2.24, 2.45) is 5.92 Å². The van der Waals surface area contributed by atoms with E-state index in [9.17, 15) is 4.79 Å². The molecule has 0 amide bonds. The summed E-state index contributed by atoms with van der Waals surface area (Å²) in [6.07, 6.45) is 6.76. The van der Waals surface area contributed by atoms with Gasteiger partial charge in [0.2, 0.25) is 0 Å². The molecule has 4 heteroatoms. The maximum absolute atomic E-state index is 10.9. The van der Waals surface area contributed by atoms with E-state index >= 15 is 0 Å². The Labute approximate surface area is 108 Å². The van der Waals surface area contributed by atoms with Crippen LogP contribution in [0.15, 0.2) is 6.07 Å². The molecule has 1 aromatic rings. The van der Waals surface area contributed by atoms with E-state index in [1.165, 1.54) is 32.1 Å². The zero-order valence-corrected chi connectivity index (χ0v) is 11.0. The molecule has 4 nitrogen and oxygen atoms in total. The molecule has 1 aromatic heterocycles. The van der Waals surface area contributed by atoms with E-state index in [0.29, 0.717) is 5.56 Å². The fourth-order valence-electron chi connectivity index (χ4n) is 2.75. The molecule has 0 spiro atoms. The second kappa shape index (κ2) is 6.05. The number of aromatic amines is 1. The molecule has 0 aliphatic heterocycles. The van der Waals surface area contributed by atoms with Gasteiger partial charge in [0, 0.05) is 17.9 Å². The fourth-order valence-corrected chi connectivity index (χ4v) is 2.75. The van der Waals surface area contributed by atoms with Crippen molar-refractivity contribution in [2.75, 3.05) is 6.54 Å². The van der Waals surface area contributed by atoms with Crippen LogP contribution in [-0.2, 0) is 6.54 Å². The molecule has 1 aliphatic rings. The van der Waals surface area contributed by atoms with Gasteiger partial charge in [-0.2, -0.15) is 0 Å². The maximum Gasteiger partial charge on any atom is 0.337 e. The number of nitrogens with one attached hydrogen (secondary N) is 2. The van der Waals surface area contributed by atoms with Crippen molar-refractivity contribution in [1.82, 2.24) is 10.3 Å². The number of hydrogen-bond donors (Lipinski definition) is 3. The van der Waals surface area contributed by atoms with E-state index in [4.69, 9.17) is 5.11 Å². The van der Waals surface area contributed by atoms with E-state index in [2.05, 4.69) is 10.3 Å². The Morgan fingerprint density at radius 2 is 2.17 bits per heavy atom. The number of hydrogen-bond acceptors (Lipinski definition) is 2. The lowest BCUT2D eigenvalue weighted by atomic mass is 9.89. The molecular formula is C14H22N2O2. The molecule has 0 aromatic carbocycles. The average Bonchev–Trinajstić information content (AvgIpc) is 2.72. The second-order valence-electron chi connectivity index (χ2n) is 5.27. The quantitative estimate of drug-likeness (QED) is 0.752. The van der Waals surface area contributed by atoms with Gasteiger partial charge in [-0.05, 0) is 38.3 Å². The van der Waals surface area contributed by atoms with Crippen molar-refractivity contribution in [3.8, 4) is 0 Å². The van der Waals surface area contributed by atoms with Gasteiger partial charge in [-0.1, -0.05) is 19.3 Å². The summed E-state index contributed by atoms with van der Waals surface area (Å²) in [5.41, 5.74) is 2.07. The Hall–Kier alpha value is -1.29. The van der Waals surface area contributed by atoms with Gasteiger partial charge in [0.25, 0.3) is 0 Å². The first-order valence-corrected chi connectivity index (χ1v) is 6.79. The first-order valence-electron chi connectivity index (χ1n) is 6.79. The van der Waals surface area contributed by atoms with Crippen LogP contribution in [0.1, 0.15) is 53.8 Å². The van der Waals surface area contributed by atoms with Crippen LogP contribution in [0, 0.1) is 12.8 Å². The largest absolute Gasteiger partial charge is 0.478 e. The summed E-state index contributed by atoms with van der Waals surface area (Å²) < 4.78 is 0. The van der Waals surface area contributed by atoms with Crippen molar-refractivity contribution in [3.05, 3.63) is 23.0 Å². The SMILES string of the molecule is Cc1[nH]c(CNCC2CCCCC2)cc1C(=O)O. The topological polar surface area (TPSA) is 65.1 Å². The minimum Gasteiger partial charge on any atom is -0.478 e. The number of carboxylic acids is 1. The van der Waals surface area contributed by atoms with Gasteiger partial charge < -0.3 is 15.4 Å². The molecule has 1 saturated carbocycles. The molecule has 100 valence electrons. The molecule has 0 saturated heterocycles. The summed E-state index contributed by atoms with van der Waals surface area (Å²) >= 11 is 0. The highest BCUT2D eigenvalue weighted by atomic mass is 16.4. The molecule has 0 atom stereocenters. The molecule has 1 aliphatic carbocycles. The van der Waals surface area contributed by atoms with Gasteiger partial charge in [-0.3, -0.25) is 0 Å².